The van der Waals surface area contributed by atoms with Crippen molar-refractivity contribution in [3.8, 4) is 23.0 Å². The molecule has 2 aliphatic heterocycles. The average molecular weight is 399 g/mol. The first-order valence-electron chi connectivity index (χ1n) is 9.61. The molecule has 7 heteroatoms. The van der Waals surface area contributed by atoms with Crippen LogP contribution in [-0.4, -0.2) is 53.4 Å². The average Bonchev–Trinajstić information content (AvgIpc) is 2.78. The van der Waals surface area contributed by atoms with Gasteiger partial charge in [0.05, 0.1) is 41.0 Å². The van der Waals surface area contributed by atoms with E-state index in [0.29, 0.717) is 28.6 Å². The van der Waals surface area contributed by atoms with Gasteiger partial charge in [-0.1, -0.05) is 12.1 Å². The summed E-state index contributed by atoms with van der Waals surface area (Å²) in [6, 6.07) is 9.86. The van der Waals surface area contributed by atoms with Crippen LogP contribution in [-0.2, 0) is 4.74 Å². The maximum atomic E-state index is 13.0. The molecule has 1 fully saturated rings. The van der Waals surface area contributed by atoms with E-state index in [-0.39, 0.29) is 18.3 Å². The van der Waals surface area contributed by atoms with Crippen molar-refractivity contribution in [1.29, 1.82) is 0 Å². The number of carbonyl (C=O) groups excluding carboxylic acids is 1. The molecule has 1 saturated heterocycles. The number of ketones is 1. The number of nitrogens with zero attached hydrogens (tertiary/aromatic N) is 1. The molecule has 0 N–H and O–H groups in total. The van der Waals surface area contributed by atoms with Crippen molar-refractivity contribution in [3.05, 3.63) is 41.5 Å². The van der Waals surface area contributed by atoms with Crippen LogP contribution in [0.3, 0.4) is 0 Å². The van der Waals surface area contributed by atoms with Crippen molar-refractivity contribution in [2.45, 2.75) is 12.5 Å². The third-order valence-corrected chi connectivity index (χ3v) is 5.35. The second kappa shape index (κ2) is 8.21. The molecule has 0 bridgehead atoms. The molecule has 0 aliphatic carbocycles. The Morgan fingerprint density at radius 3 is 2.28 bits per heavy atom. The van der Waals surface area contributed by atoms with Crippen molar-refractivity contribution in [2.75, 3.05) is 52.5 Å². The molecule has 7 nitrogen and oxygen atoms in total. The van der Waals surface area contributed by atoms with Crippen LogP contribution in [0.15, 0.2) is 30.3 Å². The lowest BCUT2D eigenvalue weighted by atomic mass is 9.95. The molecule has 0 aromatic heterocycles. The van der Waals surface area contributed by atoms with Gasteiger partial charge in [-0.2, -0.15) is 0 Å². The molecule has 1 unspecified atom stereocenters. The third-order valence-electron chi connectivity index (χ3n) is 5.35. The Bertz CT molecular complexity index is 889. The van der Waals surface area contributed by atoms with Crippen LogP contribution < -0.4 is 23.8 Å². The number of ether oxygens (including phenoxy) is 5. The second-order valence-corrected chi connectivity index (χ2v) is 6.94. The maximum absolute atomic E-state index is 13.0. The van der Waals surface area contributed by atoms with Gasteiger partial charge in [0.1, 0.15) is 17.4 Å². The quantitative estimate of drug-likeness (QED) is 0.765. The lowest BCUT2D eigenvalue weighted by molar-refractivity contribution is 0.0842. The van der Waals surface area contributed by atoms with Crippen molar-refractivity contribution >= 4 is 11.5 Å². The minimum absolute atomic E-state index is 0.0497. The van der Waals surface area contributed by atoms with E-state index in [2.05, 4.69) is 17.0 Å². The predicted molar refractivity (Wildman–Crippen MR) is 108 cm³/mol. The minimum Gasteiger partial charge on any atom is -0.493 e. The van der Waals surface area contributed by atoms with Gasteiger partial charge in [-0.05, 0) is 17.7 Å². The fourth-order valence-electron chi connectivity index (χ4n) is 3.86. The summed E-state index contributed by atoms with van der Waals surface area (Å²) in [5.41, 5.74) is 2.49. The summed E-state index contributed by atoms with van der Waals surface area (Å²) in [6.07, 6.45) is -0.132. The Balaban J connectivity index is 1.62. The summed E-state index contributed by atoms with van der Waals surface area (Å²) in [5, 5.41) is 0. The Hall–Kier alpha value is -2.93. The first-order valence-corrected chi connectivity index (χ1v) is 9.61. The normalized spacial score (nSPS) is 18.7. The first-order chi connectivity index (χ1) is 14.2. The van der Waals surface area contributed by atoms with Gasteiger partial charge < -0.3 is 28.6 Å². The van der Waals surface area contributed by atoms with Crippen LogP contribution >= 0.6 is 0 Å². The molecule has 29 heavy (non-hydrogen) atoms. The molecule has 2 heterocycles. The molecule has 0 amide bonds. The highest BCUT2D eigenvalue weighted by Gasteiger charge is 2.34. The molecular weight excluding hydrogens is 374 g/mol. The predicted octanol–water partition coefficient (Wildman–Crippen LogP) is 3.26. The fraction of sp³-hybridized carbons (Fsp3) is 0.409. The van der Waals surface area contributed by atoms with Crippen molar-refractivity contribution in [1.82, 2.24) is 0 Å². The highest BCUT2D eigenvalue weighted by Crippen LogP contribution is 2.49. The standard InChI is InChI=1S/C22H25NO6/c1-25-19-13-18-20(22(27-3)21(19)26-2)16(24)12-17(29-18)14-4-6-15(7-5-14)23-8-10-28-11-9-23/h4-7,13,17H,8-12H2,1-3H3. The first kappa shape index (κ1) is 19.4. The Labute approximate surface area is 170 Å². The highest BCUT2D eigenvalue weighted by molar-refractivity contribution is 6.04. The number of hydrogen-bond acceptors (Lipinski definition) is 7. The van der Waals surface area contributed by atoms with E-state index in [1.165, 1.54) is 21.3 Å². The zero-order valence-corrected chi connectivity index (χ0v) is 16.9. The molecule has 0 saturated carbocycles. The number of carbonyl (C=O) groups is 1. The van der Waals surface area contributed by atoms with Gasteiger partial charge in [-0.25, -0.2) is 0 Å². The van der Waals surface area contributed by atoms with E-state index in [0.717, 1.165) is 37.6 Å². The van der Waals surface area contributed by atoms with Gasteiger partial charge in [-0.15, -0.1) is 0 Å². The number of rotatable bonds is 5. The Morgan fingerprint density at radius 1 is 0.966 bits per heavy atom. The Kier molecular flexibility index (Phi) is 5.49. The van der Waals surface area contributed by atoms with Crippen LogP contribution in [0, 0.1) is 0 Å². The number of hydrogen-bond donors (Lipinski definition) is 0. The van der Waals surface area contributed by atoms with Gasteiger partial charge in [-0.3, -0.25) is 4.79 Å². The minimum atomic E-state index is -0.364. The van der Waals surface area contributed by atoms with E-state index >= 15 is 0 Å². The van der Waals surface area contributed by atoms with E-state index < -0.39 is 0 Å². The second-order valence-electron chi connectivity index (χ2n) is 6.94. The van der Waals surface area contributed by atoms with Gasteiger partial charge in [0.15, 0.2) is 17.3 Å². The number of methoxy groups -OCH3 is 3. The summed E-state index contributed by atoms with van der Waals surface area (Å²) in [4.78, 5) is 15.2. The summed E-state index contributed by atoms with van der Waals surface area (Å²) in [5.74, 6) is 1.58. The third kappa shape index (κ3) is 3.58. The molecule has 2 aromatic carbocycles. The van der Waals surface area contributed by atoms with Crippen LogP contribution in [0.4, 0.5) is 5.69 Å². The largest absolute Gasteiger partial charge is 0.493 e. The molecule has 2 aliphatic rings. The molecule has 0 radical (unpaired) electrons. The molecular formula is C22H25NO6. The molecule has 2 aromatic rings. The summed E-state index contributed by atoms with van der Waals surface area (Å²) in [6.45, 7) is 3.25. The highest BCUT2D eigenvalue weighted by atomic mass is 16.5. The van der Waals surface area contributed by atoms with Crippen molar-refractivity contribution < 1.29 is 28.5 Å². The summed E-state index contributed by atoms with van der Waals surface area (Å²) < 4.78 is 27.8. The number of benzene rings is 2. The van der Waals surface area contributed by atoms with E-state index in [1.54, 1.807) is 6.07 Å². The smallest absolute Gasteiger partial charge is 0.204 e. The van der Waals surface area contributed by atoms with Gasteiger partial charge in [0.25, 0.3) is 0 Å². The van der Waals surface area contributed by atoms with Crippen molar-refractivity contribution in [2.24, 2.45) is 0 Å². The molecule has 4 rings (SSSR count). The van der Waals surface area contributed by atoms with Crippen LogP contribution in [0.2, 0.25) is 0 Å². The Morgan fingerprint density at radius 2 is 1.66 bits per heavy atom. The van der Waals surface area contributed by atoms with E-state index in [4.69, 9.17) is 23.7 Å². The summed E-state index contributed by atoms with van der Waals surface area (Å²) >= 11 is 0. The van der Waals surface area contributed by atoms with Gasteiger partial charge >= 0.3 is 0 Å². The van der Waals surface area contributed by atoms with Crippen LogP contribution in [0.1, 0.15) is 28.4 Å². The van der Waals surface area contributed by atoms with Gasteiger partial charge in [0.2, 0.25) is 5.75 Å². The van der Waals surface area contributed by atoms with Crippen LogP contribution in [0.25, 0.3) is 0 Å². The number of anilines is 1. The van der Waals surface area contributed by atoms with Crippen molar-refractivity contribution in [3.63, 3.8) is 0 Å². The van der Waals surface area contributed by atoms with Gasteiger partial charge in [0, 0.05) is 24.8 Å². The molecule has 154 valence electrons. The number of fused-ring (bicyclic) bond motifs is 1. The maximum Gasteiger partial charge on any atom is 0.204 e. The zero-order chi connectivity index (χ0) is 20.4. The molecule has 0 spiro atoms. The number of morpholine rings is 1. The van der Waals surface area contributed by atoms with E-state index in [9.17, 15) is 4.79 Å². The fourth-order valence-corrected chi connectivity index (χ4v) is 3.86. The zero-order valence-electron chi connectivity index (χ0n) is 16.9. The molecule has 1 atom stereocenters. The topological polar surface area (TPSA) is 66.5 Å². The van der Waals surface area contributed by atoms with E-state index in [1.807, 2.05) is 12.1 Å². The lowest BCUT2D eigenvalue weighted by Gasteiger charge is -2.30. The van der Waals surface area contributed by atoms with Crippen LogP contribution in [0.5, 0.6) is 23.0 Å². The summed E-state index contributed by atoms with van der Waals surface area (Å²) in [7, 11) is 4.55. The lowest BCUT2D eigenvalue weighted by Crippen LogP contribution is -2.36. The number of Topliss-reactive ketones (excluding diaryl/α,β-unsaturated/α-hetero) is 1. The monoisotopic (exact) mass is 399 g/mol. The SMILES string of the molecule is COc1cc2c(c(OC)c1OC)C(=O)CC(c1ccc(N3CCOCC3)cc1)O2.